The Bertz CT molecular complexity index is 266. The molecule has 0 atom stereocenters. The van der Waals surface area contributed by atoms with E-state index < -0.39 is 0 Å². The van der Waals surface area contributed by atoms with Crippen LogP contribution in [0, 0.1) is 0 Å². The minimum Gasteiger partial charge on any atom is -0.395 e. The first-order chi connectivity index (χ1) is 7.83. The van der Waals surface area contributed by atoms with Crippen molar-refractivity contribution in [3.63, 3.8) is 0 Å². The number of thioether (sulfide) groups is 1. The third kappa shape index (κ3) is 6.16. The van der Waals surface area contributed by atoms with Gasteiger partial charge < -0.3 is 10.0 Å². The van der Waals surface area contributed by atoms with E-state index in [1.54, 1.807) is 0 Å². The van der Waals surface area contributed by atoms with E-state index in [9.17, 15) is 0 Å². The molecule has 90 valence electrons. The smallest absolute Gasteiger partial charge is 0.0558 e. The van der Waals surface area contributed by atoms with Gasteiger partial charge in [0.2, 0.25) is 0 Å². The molecule has 0 unspecified atom stereocenters. The third-order valence-electron chi connectivity index (χ3n) is 2.42. The van der Waals surface area contributed by atoms with E-state index in [1.807, 2.05) is 11.8 Å². The topological polar surface area (TPSA) is 23.5 Å². The summed E-state index contributed by atoms with van der Waals surface area (Å²) >= 11 is 1.98. The Morgan fingerprint density at radius 3 is 2.62 bits per heavy atom. The van der Waals surface area contributed by atoms with Gasteiger partial charge in [-0.2, -0.15) is 11.8 Å². The number of aliphatic hydroxyl groups excluding tert-OH is 1. The number of hydrogen-bond donors (Lipinski definition) is 1. The lowest BCUT2D eigenvalue weighted by atomic mass is 10.2. The first kappa shape index (κ1) is 13.6. The molecule has 2 nitrogen and oxygen atoms in total. The summed E-state index contributed by atoms with van der Waals surface area (Å²) < 4.78 is 0. The fourth-order valence-corrected chi connectivity index (χ4v) is 2.39. The summed E-state index contributed by atoms with van der Waals surface area (Å²) in [5, 5.41) is 8.74. The Hall–Kier alpha value is -0.510. The number of aliphatic hydroxyl groups is 1. The van der Waals surface area contributed by atoms with Gasteiger partial charge in [0.05, 0.1) is 6.61 Å². The zero-order valence-corrected chi connectivity index (χ0v) is 10.7. The van der Waals surface area contributed by atoms with Crippen molar-refractivity contribution in [1.82, 2.24) is 4.90 Å². The van der Waals surface area contributed by atoms with Crippen molar-refractivity contribution < 1.29 is 5.11 Å². The van der Waals surface area contributed by atoms with Gasteiger partial charge in [-0.05, 0) is 31.3 Å². The Balaban J connectivity index is 2.00. The largest absolute Gasteiger partial charge is 0.395 e. The second kappa shape index (κ2) is 8.62. The van der Waals surface area contributed by atoms with Gasteiger partial charge in [0, 0.05) is 12.3 Å². The average Bonchev–Trinajstić information content (AvgIpc) is 2.30. The molecule has 0 amide bonds. The van der Waals surface area contributed by atoms with Crippen LogP contribution in [0.4, 0.5) is 0 Å². The maximum Gasteiger partial charge on any atom is 0.0558 e. The van der Waals surface area contributed by atoms with Crippen molar-refractivity contribution in [2.45, 2.75) is 12.2 Å². The highest BCUT2D eigenvalue weighted by atomic mass is 32.2. The summed E-state index contributed by atoms with van der Waals surface area (Å²) in [6, 6.07) is 10.6. The van der Waals surface area contributed by atoms with Crippen LogP contribution in [0.25, 0.3) is 0 Å². The fourth-order valence-electron chi connectivity index (χ4n) is 1.48. The zero-order valence-electron chi connectivity index (χ0n) is 9.93. The summed E-state index contributed by atoms with van der Waals surface area (Å²) in [5.41, 5.74) is 1.40. The standard InChI is InChI=1S/C13H21NOS/c1-14(9-10-15)8-5-11-16-12-13-6-3-2-4-7-13/h2-4,6-7,15H,5,8-12H2,1H3. The van der Waals surface area contributed by atoms with Crippen molar-refractivity contribution in [2.75, 3.05) is 32.5 Å². The molecule has 16 heavy (non-hydrogen) atoms. The number of hydrogen-bond acceptors (Lipinski definition) is 3. The Morgan fingerprint density at radius 2 is 1.94 bits per heavy atom. The number of likely N-dealkylation sites (N-methyl/N-ethyl adjacent to an activating group) is 1. The number of benzene rings is 1. The summed E-state index contributed by atoms with van der Waals surface area (Å²) in [5.74, 6) is 2.29. The monoisotopic (exact) mass is 239 g/mol. The van der Waals surface area contributed by atoms with E-state index >= 15 is 0 Å². The van der Waals surface area contributed by atoms with Crippen molar-refractivity contribution in [1.29, 1.82) is 0 Å². The third-order valence-corrected chi connectivity index (χ3v) is 3.54. The van der Waals surface area contributed by atoms with E-state index in [2.05, 4.69) is 42.3 Å². The normalized spacial score (nSPS) is 10.9. The zero-order chi connectivity index (χ0) is 11.6. The van der Waals surface area contributed by atoms with Crippen LogP contribution >= 0.6 is 11.8 Å². The average molecular weight is 239 g/mol. The van der Waals surface area contributed by atoms with E-state index in [0.717, 1.165) is 18.8 Å². The van der Waals surface area contributed by atoms with Crippen LogP contribution in [0.15, 0.2) is 30.3 Å². The predicted octanol–water partition coefficient (Wildman–Crippen LogP) is 2.23. The van der Waals surface area contributed by atoms with Crippen LogP contribution in [0.5, 0.6) is 0 Å². The molecule has 0 aliphatic carbocycles. The molecule has 0 radical (unpaired) electrons. The van der Waals surface area contributed by atoms with Gasteiger partial charge in [0.25, 0.3) is 0 Å². The quantitative estimate of drug-likeness (QED) is 0.704. The first-order valence-corrected chi connectivity index (χ1v) is 6.89. The molecule has 3 heteroatoms. The minimum atomic E-state index is 0.258. The molecule has 0 saturated heterocycles. The van der Waals surface area contributed by atoms with Gasteiger partial charge in [0.15, 0.2) is 0 Å². The summed E-state index contributed by atoms with van der Waals surface area (Å²) in [6.07, 6.45) is 1.19. The van der Waals surface area contributed by atoms with Crippen LogP contribution in [0.3, 0.4) is 0 Å². The number of rotatable bonds is 8. The fraction of sp³-hybridized carbons (Fsp3) is 0.538. The van der Waals surface area contributed by atoms with Gasteiger partial charge >= 0.3 is 0 Å². The molecule has 1 rings (SSSR count). The molecule has 0 aromatic heterocycles. The highest BCUT2D eigenvalue weighted by Crippen LogP contribution is 2.12. The second-order valence-electron chi connectivity index (χ2n) is 3.92. The highest BCUT2D eigenvalue weighted by molar-refractivity contribution is 7.98. The lowest BCUT2D eigenvalue weighted by molar-refractivity contribution is 0.222. The molecule has 0 aliphatic rings. The summed E-state index contributed by atoms with van der Waals surface area (Å²) in [6.45, 7) is 2.11. The van der Waals surface area contributed by atoms with Gasteiger partial charge in [-0.3, -0.25) is 0 Å². The van der Waals surface area contributed by atoms with Crippen LogP contribution in [0.2, 0.25) is 0 Å². The summed E-state index contributed by atoms with van der Waals surface area (Å²) in [4.78, 5) is 2.17. The molecule has 0 aliphatic heterocycles. The highest BCUT2D eigenvalue weighted by Gasteiger charge is 1.97. The molecule has 1 aromatic carbocycles. The molecule has 1 N–H and O–H groups in total. The van der Waals surface area contributed by atoms with Gasteiger partial charge in [-0.1, -0.05) is 30.3 Å². The molecule has 1 aromatic rings. The lowest BCUT2D eigenvalue weighted by Crippen LogP contribution is -2.23. The minimum absolute atomic E-state index is 0.258. The summed E-state index contributed by atoms with van der Waals surface area (Å²) in [7, 11) is 2.05. The van der Waals surface area contributed by atoms with Crippen molar-refractivity contribution in [3.8, 4) is 0 Å². The molecule has 0 heterocycles. The van der Waals surface area contributed by atoms with E-state index in [0.29, 0.717) is 0 Å². The lowest BCUT2D eigenvalue weighted by Gasteiger charge is -2.14. The van der Waals surface area contributed by atoms with Gasteiger partial charge in [-0.15, -0.1) is 0 Å². The van der Waals surface area contributed by atoms with Crippen LogP contribution < -0.4 is 0 Å². The molecule has 0 saturated carbocycles. The van der Waals surface area contributed by atoms with E-state index in [-0.39, 0.29) is 6.61 Å². The molecular weight excluding hydrogens is 218 g/mol. The molecule has 0 spiro atoms. The molecule has 0 bridgehead atoms. The van der Waals surface area contributed by atoms with Crippen molar-refractivity contribution in [3.05, 3.63) is 35.9 Å². The first-order valence-electron chi connectivity index (χ1n) is 5.74. The molecule has 0 fully saturated rings. The Kier molecular flexibility index (Phi) is 7.30. The maximum atomic E-state index is 8.74. The van der Waals surface area contributed by atoms with Crippen LogP contribution in [0.1, 0.15) is 12.0 Å². The molecular formula is C13H21NOS. The van der Waals surface area contributed by atoms with E-state index in [1.165, 1.54) is 17.7 Å². The van der Waals surface area contributed by atoms with Crippen LogP contribution in [-0.2, 0) is 5.75 Å². The number of nitrogens with zero attached hydrogens (tertiary/aromatic N) is 1. The van der Waals surface area contributed by atoms with Crippen LogP contribution in [-0.4, -0.2) is 42.5 Å². The maximum absolute atomic E-state index is 8.74. The second-order valence-corrected chi connectivity index (χ2v) is 5.02. The van der Waals surface area contributed by atoms with E-state index in [4.69, 9.17) is 5.11 Å². The Morgan fingerprint density at radius 1 is 1.19 bits per heavy atom. The van der Waals surface area contributed by atoms with Gasteiger partial charge in [0.1, 0.15) is 0 Å². The van der Waals surface area contributed by atoms with Crippen molar-refractivity contribution >= 4 is 11.8 Å². The van der Waals surface area contributed by atoms with Crippen molar-refractivity contribution in [2.24, 2.45) is 0 Å². The van der Waals surface area contributed by atoms with Gasteiger partial charge in [-0.25, -0.2) is 0 Å². The SMILES string of the molecule is CN(CCO)CCCSCc1ccccc1. The predicted molar refractivity (Wildman–Crippen MR) is 71.8 cm³/mol. The Labute approximate surface area is 103 Å².